The van der Waals surface area contributed by atoms with Gasteiger partial charge < -0.3 is 4.90 Å². The number of amides is 3. The largest absolute Gasteiger partial charge is 0.331 e. The predicted octanol–water partition coefficient (Wildman–Crippen LogP) is 1.85. The van der Waals surface area contributed by atoms with Crippen molar-refractivity contribution in [3.8, 4) is 0 Å². The van der Waals surface area contributed by atoms with Crippen molar-refractivity contribution in [1.29, 1.82) is 0 Å². The van der Waals surface area contributed by atoms with Crippen LogP contribution in [0.15, 0.2) is 28.7 Å². The molecule has 1 saturated heterocycles. The summed E-state index contributed by atoms with van der Waals surface area (Å²) >= 11 is 3.32. The fourth-order valence-corrected chi connectivity index (χ4v) is 1.95. The second kappa shape index (κ2) is 3.66. The maximum atomic E-state index is 11.7. The smallest absolute Gasteiger partial charge is 0.318 e. The highest BCUT2D eigenvalue weighted by Crippen LogP contribution is 2.28. The van der Waals surface area contributed by atoms with Crippen LogP contribution in [0.5, 0.6) is 0 Å². The van der Waals surface area contributed by atoms with Gasteiger partial charge in [0.15, 0.2) is 0 Å². The number of hydrogen-bond acceptors (Lipinski definition) is 2. The van der Waals surface area contributed by atoms with Crippen molar-refractivity contribution >= 4 is 33.6 Å². The lowest BCUT2D eigenvalue weighted by molar-refractivity contribution is -0.116. The van der Waals surface area contributed by atoms with Gasteiger partial charge in [0, 0.05) is 11.5 Å². The predicted molar refractivity (Wildman–Crippen MR) is 59.7 cm³/mol. The summed E-state index contributed by atoms with van der Waals surface area (Å²) in [4.78, 5) is 25.8. The molecular formula is C10H9BrN2O2. The van der Waals surface area contributed by atoms with Crippen LogP contribution in [0, 0.1) is 0 Å². The number of para-hydroxylation sites is 1. The zero-order chi connectivity index (χ0) is 11.0. The van der Waals surface area contributed by atoms with Crippen LogP contribution in [0.3, 0.4) is 0 Å². The van der Waals surface area contributed by atoms with Crippen LogP contribution in [0.1, 0.15) is 0 Å². The highest BCUT2D eigenvalue weighted by molar-refractivity contribution is 9.10. The van der Waals surface area contributed by atoms with E-state index < -0.39 is 0 Å². The number of likely N-dealkylation sites (N-methyl/N-ethyl adjacent to an activating group) is 1. The van der Waals surface area contributed by atoms with Crippen LogP contribution in [0.2, 0.25) is 0 Å². The molecule has 4 nitrogen and oxygen atoms in total. The van der Waals surface area contributed by atoms with Gasteiger partial charge in [-0.25, -0.2) is 9.69 Å². The first-order valence-electron chi connectivity index (χ1n) is 4.44. The third-order valence-corrected chi connectivity index (χ3v) is 2.90. The summed E-state index contributed by atoms with van der Waals surface area (Å²) in [6.45, 7) is 0.139. The standard InChI is InChI=1S/C10H9BrN2O2/c1-12-6-9(14)13(10(12)15)8-5-3-2-4-7(8)11/h2-5H,6H2,1H3. The second-order valence-electron chi connectivity index (χ2n) is 3.32. The quantitative estimate of drug-likeness (QED) is 0.730. The molecule has 15 heavy (non-hydrogen) atoms. The molecule has 0 spiro atoms. The van der Waals surface area contributed by atoms with Crippen LogP contribution < -0.4 is 4.90 Å². The Kier molecular flexibility index (Phi) is 2.48. The number of carbonyl (C=O) groups excluding carboxylic acids is 2. The maximum absolute atomic E-state index is 11.7. The van der Waals surface area contributed by atoms with Crippen molar-refractivity contribution in [2.24, 2.45) is 0 Å². The molecule has 0 radical (unpaired) electrons. The Morgan fingerprint density at radius 2 is 1.93 bits per heavy atom. The van der Waals surface area contributed by atoms with Crippen molar-refractivity contribution < 1.29 is 9.59 Å². The average molecular weight is 269 g/mol. The zero-order valence-corrected chi connectivity index (χ0v) is 9.69. The molecule has 5 heteroatoms. The Bertz CT molecular complexity index is 433. The van der Waals surface area contributed by atoms with E-state index >= 15 is 0 Å². The molecule has 0 aromatic heterocycles. The van der Waals surface area contributed by atoms with Crippen LogP contribution in [-0.4, -0.2) is 30.4 Å². The molecule has 1 aromatic rings. The van der Waals surface area contributed by atoms with Gasteiger partial charge in [0.1, 0.15) is 6.54 Å². The summed E-state index contributed by atoms with van der Waals surface area (Å²) in [6, 6.07) is 6.88. The molecule has 1 aliphatic rings. The van der Waals surface area contributed by atoms with E-state index in [0.29, 0.717) is 5.69 Å². The van der Waals surface area contributed by atoms with E-state index in [2.05, 4.69) is 15.9 Å². The SMILES string of the molecule is CN1CC(=O)N(c2ccccc2Br)C1=O. The minimum Gasteiger partial charge on any atom is -0.318 e. The Morgan fingerprint density at radius 3 is 2.47 bits per heavy atom. The second-order valence-corrected chi connectivity index (χ2v) is 4.17. The van der Waals surface area contributed by atoms with Crippen molar-refractivity contribution in [3.05, 3.63) is 28.7 Å². The molecule has 3 amide bonds. The van der Waals surface area contributed by atoms with Gasteiger partial charge in [0.05, 0.1) is 5.69 Å². The third-order valence-electron chi connectivity index (χ3n) is 2.23. The Hall–Kier alpha value is -1.36. The molecule has 0 unspecified atom stereocenters. The molecule has 1 heterocycles. The zero-order valence-electron chi connectivity index (χ0n) is 8.11. The minimum absolute atomic E-state index is 0.139. The van der Waals surface area contributed by atoms with E-state index in [-0.39, 0.29) is 18.5 Å². The fraction of sp³-hybridized carbons (Fsp3) is 0.200. The van der Waals surface area contributed by atoms with Gasteiger partial charge in [-0.15, -0.1) is 0 Å². The fourth-order valence-electron chi connectivity index (χ4n) is 1.49. The van der Waals surface area contributed by atoms with Gasteiger partial charge in [0.2, 0.25) is 0 Å². The molecule has 0 atom stereocenters. The van der Waals surface area contributed by atoms with Gasteiger partial charge in [-0.2, -0.15) is 0 Å². The highest BCUT2D eigenvalue weighted by Gasteiger charge is 2.35. The first-order valence-corrected chi connectivity index (χ1v) is 5.23. The van der Waals surface area contributed by atoms with Crippen LogP contribution in [0.4, 0.5) is 10.5 Å². The lowest BCUT2D eigenvalue weighted by Gasteiger charge is -2.15. The molecule has 78 valence electrons. The molecule has 0 N–H and O–H groups in total. The number of anilines is 1. The number of urea groups is 1. The van der Waals surface area contributed by atoms with Gasteiger partial charge in [-0.3, -0.25) is 4.79 Å². The molecular weight excluding hydrogens is 260 g/mol. The molecule has 2 rings (SSSR count). The molecule has 0 bridgehead atoms. The molecule has 1 aliphatic heterocycles. The monoisotopic (exact) mass is 268 g/mol. The van der Waals surface area contributed by atoms with E-state index in [1.54, 1.807) is 25.2 Å². The van der Waals surface area contributed by atoms with E-state index in [9.17, 15) is 9.59 Å². The lowest BCUT2D eigenvalue weighted by atomic mass is 10.3. The van der Waals surface area contributed by atoms with E-state index in [0.717, 1.165) is 4.47 Å². The summed E-state index contributed by atoms with van der Waals surface area (Å²) in [6.07, 6.45) is 0. The first-order chi connectivity index (χ1) is 7.11. The summed E-state index contributed by atoms with van der Waals surface area (Å²) in [5.41, 5.74) is 0.594. The van der Waals surface area contributed by atoms with E-state index in [1.165, 1.54) is 9.80 Å². The topological polar surface area (TPSA) is 40.6 Å². The van der Waals surface area contributed by atoms with Crippen molar-refractivity contribution in [1.82, 2.24) is 4.90 Å². The number of rotatable bonds is 1. The number of hydrogen-bond donors (Lipinski definition) is 0. The third kappa shape index (κ3) is 1.63. The minimum atomic E-state index is -0.285. The maximum Gasteiger partial charge on any atom is 0.331 e. The lowest BCUT2D eigenvalue weighted by Crippen LogP contribution is -2.31. The van der Waals surface area contributed by atoms with Gasteiger partial charge in [-0.05, 0) is 28.1 Å². The average Bonchev–Trinajstić information content (AvgIpc) is 2.43. The van der Waals surface area contributed by atoms with E-state index in [4.69, 9.17) is 0 Å². The molecule has 1 aromatic carbocycles. The molecule has 0 aliphatic carbocycles. The van der Waals surface area contributed by atoms with E-state index in [1.807, 2.05) is 6.07 Å². The highest BCUT2D eigenvalue weighted by atomic mass is 79.9. The van der Waals surface area contributed by atoms with Crippen molar-refractivity contribution in [2.75, 3.05) is 18.5 Å². The number of benzene rings is 1. The Balaban J connectivity index is 2.44. The molecule has 1 fully saturated rings. The first kappa shape index (κ1) is 10.2. The van der Waals surface area contributed by atoms with Crippen LogP contribution >= 0.6 is 15.9 Å². The van der Waals surface area contributed by atoms with Crippen molar-refractivity contribution in [3.63, 3.8) is 0 Å². The Labute approximate surface area is 95.6 Å². The van der Waals surface area contributed by atoms with Crippen molar-refractivity contribution in [2.45, 2.75) is 0 Å². The number of imide groups is 1. The van der Waals surface area contributed by atoms with Gasteiger partial charge >= 0.3 is 6.03 Å². The number of halogens is 1. The number of nitrogens with zero attached hydrogens (tertiary/aromatic N) is 2. The summed E-state index contributed by atoms with van der Waals surface area (Å²) in [7, 11) is 1.61. The Morgan fingerprint density at radius 1 is 1.27 bits per heavy atom. The van der Waals surface area contributed by atoms with Crippen LogP contribution in [-0.2, 0) is 4.79 Å². The summed E-state index contributed by atoms with van der Waals surface area (Å²) < 4.78 is 0.738. The number of carbonyl (C=O) groups is 2. The van der Waals surface area contributed by atoms with Gasteiger partial charge in [-0.1, -0.05) is 12.1 Å². The normalized spacial score (nSPS) is 16.4. The van der Waals surface area contributed by atoms with Crippen LogP contribution in [0.25, 0.3) is 0 Å². The van der Waals surface area contributed by atoms with Gasteiger partial charge in [0.25, 0.3) is 5.91 Å². The molecule has 0 saturated carbocycles. The summed E-state index contributed by atoms with van der Waals surface area (Å²) in [5, 5.41) is 0. The summed E-state index contributed by atoms with van der Waals surface area (Å²) in [5.74, 6) is -0.200.